The van der Waals surface area contributed by atoms with Gasteiger partial charge in [0.05, 0.1) is 16.9 Å². The molecule has 0 spiro atoms. The van der Waals surface area contributed by atoms with E-state index in [0.717, 1.165) is 16.8 Å². The molecular weight excluding hydrogens is 374 g/mol. The third-order valence-corrected chi connectivity index (χ3v) is 5.79. The lowest BCUT2D eigenvalue weighted by Gasteiger charge is -2.34. The second-order valence-electron chi connectivity index (χ2n) is 7.13. The van der Waals surface area contributed by atoms with Crippen LogP contribution in [0.5, 0.6) is 0 Å². The van der Waals surface area contributed by atoms with Gasteiger partial charge in [0.25, 0.3) is 0 Å². The molecule has 0 fully saturated rings. The molecule has 1 aliphatic rings. The van der Waals surface area contributed by atoms with Gasteiger partial charge in [-0.2, -0.15) is 5.10 Å². The highest BCUT2D eigenvalue weighted by molar-refractivity contribution is 6.31. The Kier molecular flexibility index (Phi) is 4.81. The molecule has 1 N–H and O–H groups in total. The number of carbonyl (C=O) groups excluding carboxylic acids is 1. The van der Waals surface area contributed by atoms with Crippen LogP contribution in [0.25, 0.3) is 0 Å². The van der Waals surface area contributed by atoms with Gasteiger partial charge in [-0.15, -0.1) is 0 Å². The summed E-state index contributed by atoms with van der Waals surface area (Å²) < 4.78 is 1.87. The molecule has 1 aromatic carbocycles. The fourth-order valence-corrected chi connectivity index (χ4v) is 3.79. The Balaban J connectivity index is 1.63. The van der Waals surface area contributed by atoms with E-state index in [1.54, 1.807) is 12.1 Å². The van der Waals surface area contributed by atoms with Crippen molar-refractivity contribution in [2.45, 2.75) is 26.3 Å². The molecular formula is C21H22ClN5O. The number of hydrogen-bond donors (Lipinski definition) is 1. The second kappa shape index (κ2) is 7.28. The van der Waals surface area contributed by atoms with Crippen LogP contribution in [0.3, 0.4) is 0 Å². The number of hydrogen-bond acceptors (Lipinski definition) is 3. The van der Waals surface area contributed by atoms with E-state index in [2.05, 4.69) is 34.5 Å². The molecule has 144 valence electrons. The molecule has 0 saturated heterocycles. The fraction of sp³-hybridized carbons (Fsp3) is 0.286. The summed E-state index contributed by atoms with van der Waals surface area (Å²) in [5.74, 6) is 0.587. The summed E-state index contributed by atoms with van der Waals surface area (Å²) in [6.45, 7) is 5.02. The Morgan fingerprint density at radius 3 is 2.68 bits per heavy atom. The normalized spacial score (nSPS) is 16.0. The van der Waals surface area contributed by atoms with Crippen molar-refractivity contribution in [1.82, 2.24) is 19.7 Å². The molecule has 4 rings (SSSR count). The number of amides is 2. The van der Waals surface area contributed by atoms with Gasteiger partial charge in [-0.25, -0.2) is 9.78 Å². The van der Waals surface area contributed by atoms with Gasteiger partial charge in [0.2, 0.25) is 0 Å². The molecule has 2 aromatic heterocycles. The third kappa shape index (κ3) is 3.36. The van der Waals surface area contributed by atoms with Crippen molar-refractivity contribution in [2.75, 3.05) is 11.9 Å². The molecule has 3 aromatic rings. The number of fused-ring (bicyclic) bond motifs is 1. The molecule has 1 aliphatic heterocycles. The Hall–Kier alpha value is -2.86. The first-order valence-corrected chi connectivity index (χ1v) is 9.57. The van der Waals surface area contributed by atoms with E-state index in [4.69, 9.17) is 11.6 Å². The fourth-order valence-electron chi connectivity index (χ4n) is 3.69. The summed E-state index contributed by atoms with van der Waals surface area (Å²) in [6, 6.07) is 11.6. The molecule has 3 heterocycles. The zero-order valence-electron chi connectivity index (χ0n) is 16.1. The van der Waals surface area contributed by atoms with E-state index in [1.165, 1.54) is 5.56 Å². The van der Waals surface area contributed by atoms with Crippen LogP contribution in [0.4, 0.5) is 10.6 Å². The van der Waals surface area contributed by atoms with E-state index in [-0.39, 0.29) is 11.9 Å². The highest BCUT2D eigenvalue weighted by Crippen LogP contribution is 2.35. The molecule has 0 saturated carbocycles. The van der Waals surface area contributed by atoms with Crippen LogP contribution in [-0.4, -0.2) is 32.2 Å². The average molecular weight is 396 g/mol. The first-order valence-electron chi connectivity index (χ1n) is 9.19. The molecule has 0 aliphatic carbocycles. The van der Waals surface area contributed by atoms with Gasteiger partial charge in [0, 0.05) is 37.3 Å². The van der Waals surface area contributed by atoms with Crippen molar-refractivity contribution in [1.29, 1.82) is 0 Å². The highest BCUT2D eigenvalue weighted by Gasteiger charge is 2.31. The van der Waals surface area contributed by atoms with Crippen molar-refractivity contribution in [3.05, 3.63) is 75.7 Å². The summed E-state index contributed by atoms with van der Waals surface area (Å²) in [6.07, 6.45) is 1.91. The number of nitrogens with zero attached hydrogens (tertiary/aromatic N) is 4. The molecule has 0 radical (unpaired) electrons. The average Bonchev–Trinajstić information content (AvgIpc) is 3.02. The van der Waals surface area contributed by atoms with Crippen LogP contribution in [-0.2, 0) is 13.6 Å². The zero-order valence-corrected chi connectivity index (χ0v) is 16.9. The number of rotatable bonds is 2. The maximum Gasteiger partial charge on any atom is 0.323 e. The van der Waals surface area contributed by atoms with Crippen LogP contribution in [0.1, 0.15) is 34.0 Å². The first kappa shape index (κ1) is 18.5. The summed E-state index contributed by atoms with van der Waals surface area (Å²) in [5.41, 5.74) is 5.35. The largest absolute Gasteiger partial charge is 0.323 e. The summed E-state index contributed by atoms with van der Waals surface area (Å²) >= 11 is 6.03. The maximum absolute atomic E-state index is 13.0. The maximum atomic E-state index is 13.0. The number of aromatic nitrogens is 3. The number of aryl methyl sites for hydroxylation is 2. The Bertz CT molecular complexity index is 1050. The lowest BCUT2D eigenvalue weighted by atomic mass is 9.85. The predicted octanol–water partition coefficient (Wildman–Crippen LogP) is 4.26. The van der Waals surface area contributed by atoms with Crippen molar-refractivity contribution in [3.63, 3.8) is 0 Å². The van der Waals surface area contributed by atoms with E-state index in [0.29, 0.717) is 29.6 Å². The van der Waals surface area contributed by atoms with Gasteiger partial charge in [0.15, 0.2) is 0 Å². The lowest BCUT2D eigenvalue weighted by molar-refractivity contribution is 0.202. The minimum Gasteiger partial charge on any atom is -0.319 e. The Morgan fingerprint density at radius 2 is 1.96 bits per heavy atom. The van der Waals surface area contributed by atoms with Gasteiger partial charge in [0.1, 0.15) is 5.82 Å². The molecule has 0 bridgehead atoms. The van der Waals surface area contributed by atoms with Gasteiger partial charge in [-0.3, -0.25) is 10.00 Å². The summed E-state index contributed by atoms with van der Waals surface area (Å²) in [4.78, 5) is 19.1. The van der Waals surface area contributed by atoms with Crippen LogP contribution >= 0.6 is 11.6 Å². The minimum atomic E-state index is -0.171. The second-order valence-corrected chi connectivity index (χ2v) is 7.54. The molecule has 1 atom stereocenters. The number of halogens is 1. The van der Waals surface area contributed by atoms with E-state index < -0.39 is 0 Å². The Labute approximate surface area is 169 Å². The van der Waals surface area contributed by atoms with Gasteiger partial charge < -0.3 is 4.90 Å². The number of urea groups is 1. The minimum absolute atomic E-state index is 0.0873. The van der Waals surface area contributed by atoms with Gasteiger partial charge in [-0.1, -0.05) is 35.9 Å². The smallest absolute Gasteiger partial charge is 0.319 e. The number of benzene rings is 1. The Morgan fingerprint density at radius 1 is 1.18 bits per heavy atom. The van der Waals surface area contributed by atoms with Gasteiger partial charge in [-0.05, 0) is 37.1 Å². The van der Waals surface area contributed by atoms with E-state index in [9.17, 15) is 4.79 Å². The van der Waals surface area contributed by atoms with Crippen molar-refractivity contribution < 1.29 is 4.79 Å². The van der Waals surface area contributed by atoms with Crippen LogP contribution < -0.4 is 5.32 Å². The SMILES string of the molecule is Cc1nc(NC(=O)N2Cc3ccccc3C(c3cnn(C)c3C)C2)ccc1Cl. The monoisotopic (exact) mass is 395 g/mol. The summed E-state index contributed by atoms with van der Waals surface area (Å²) in [7, 11) is 1.94. The van der Waals surface area contributed by atoms with Crippen molar-refractivity contribution >= 4 is 23.4 Å². The molecule has 6 nitrogen and oxygen atoms in total. The number of pyridine rings is 1. The van der Waals surface area contributed by atoms with E-state index >= 15 is 0 Å². The molecule has 7 heteroatoms. The lowest BCUT2D eigenvalue weighted by Crippen LogP contribution is -2.41. The van der Waals surface area contributed by atoms with Gasteiger partial charge >= 0.3 is 6.03 Å². The van der Waals surface area contributed by atoms with Crippen molar-refractivity contribution in [2.24, 2.45) is 7.05 Å². The topological polar surface area (TPSA) is 63.1 Å². The first-order chi connectivity index (χ1) is 13.4. The van der Waals surface area contributed by atoms with E-state index in [1.807, 2.05) is 41.9 Å². The molecule has 1 unspecified atom stereocenters. The highest BCUT2D eigenvalue weighted by atomic mass is 35.5. The number of anilines is 1. The molecule has 28 heavy (non-hydrogen) atoms. The standard InChI is InChI=1S/C21H22ClN5O/c1-13-19(22)8-9-20(24-13)25-21(28)27-11-15-6-4-5-7-16(15)18(12-27)17-10-23-26(3)14(17)2/h4-10,18H,11-12H2,1-3H3,(H,24,25,28). The quantitative estimate of drug-likeness (QED) is 0.705. The van der Waals surface area contributed by atoms with Crippen LogP contribution in [0.15, 0.2) is 42.6 Å². The molecule has 2 amide bonds. The van der Waals surface area contributed by atoms with Crippen LogP contribution in [0.2, 0.25) is 5.02 Å². The number of nitrogens with one attached hydrogen (secondary N) is 1. The van der Waals surface area contributed by atoms with Crippen molar-refractivity contribution in [3.8, 4) is 0 Å². The predicted molar refractivity (Wildman–Crippen MR) is 110 cm³/mol. The number of carbonyl (C=O) groups is 1. The van der Waals surface area contributed by atoms with Crippen LogP contribution in [0, 0.1) is 13.8 Å². The summed E-state index contributed by atoms with van der Waals surface area (Å²) in [5, 5.41) is 7.87. The zero-order chi connectivity index (χ0) is 19.8. The third-order valence-electron chi connectivity index (χ3n) is 5.39.